The smallest absolute Gasteiger partial charge is 0.416 e. The summed E-state index contributed by atoms with van der Waals surface area (Å²) in [4.78, 5) is 29.2. The maximum absolute atomic E-state index is 12.9. The first kappa shape index (κ1) is 26.7. The largest absolute Gasteiger partial charge is 0.496 e. The van der Waals surface area contributed by atoms with E-state index >= 15 is 0 Å². The highest BCUT2D eigenvalue weighted by atomic mass is 19.4. The van der Waals surface area contributed by atoms with Gasteiger partial charge in [-0.2, -0.15) is 13.2 Å². The van der Waals surface area contributed by atoms with Gasteiger partial charge in [-0.05, 0) is 42.8 Å². The number of amides is 2. The molecule has 12 heteroatoms. The maximum atomic E-state index is 12.9. The Kier molecular flexibility index (Phi) is 8.64. The summed E-state index contributed by atoms with van der Waals surface area (Å²) in [5.74, 6) is -0.998. The molecule has 2 aromatic carbocycles. The molecule has 0 saturated heterocycles. The number of ether oxygens (including phenoxy) is 1. The van der Waals surface area contributed by atoms with Crippen molar-refractivity contribution in [1.82, 2.24) is 31.1 Å². The molecule has 1 aromatic heterocycles. The lowest BCUT2D eigenvalue weighted by atomic mass is 10.1. The second kappa shape index (κ2) is 11.7. The molecule has 3 aromatic rings. The summed E-state index contributed by atoms with van der Waals surface area (Å²) in [7, 11) is 2.91. The molecule has 0 spiro atoms. The average Bonchev–Trinajstić information content (AvgIpc) is 3.35. The van der Waals surface area contributed by atoms with E-state index in [-0.39, 0.29) is 30.1 Å². The normalized spacial score (nSPS) is 12.2. The number of aromatic nitrogens is 3. The summed E-state index contributed by atoms with van der Waals surface area (Å²) < 4.78 is 43.6. The minimum atomic E-state index is -4.55. The van der Waals surface area contributed by atoms with Crippen LogP contribution in [-0.4, -0.2) is 47.7 Å². The lowest BCUT2D eigenvalue weighted by Gasteiger charge is -2.17. The Hall–Kier alpha value is -3.93. The van der Waals surface area contributed by atoms with Gasteiger partial charge in [-0.3, -0.25) is 20.0 Å². The molecule has 192 valence electrons. The van der Waals surface area contributed by atoms with Crippen molar-refractivity contribution in [1.29, 1.82) is 0 Å². The van der Waals surface area contributed by atoms with Crippen LogP contribution in [0.5, 0.6) is 5.75 Å². The van der Waals surface area contributed by atoms with Gasteiger partial charge in [0.05, 0.1) is 18.2 Å². The molecule has 0 saturated carbocycles. The number of benzene rings is 2. The molecule has 0 aliphatic rings. The maximum Gasteiger partial charge on any atom is 0.416 e. The molecule has 1 heterocycles. The Bertz CT molecular complexity index is 1190. The Morgan fingerprint density at radius 3 is 2.44 bits per heavy atom. The molecule has 3 rings (SSSR count). The van der Waals surface area contributed by atoms with Gasteiger partial charge in [-0.15, -0.1) is 5.10 Å². The number of hydrogen-bond acceptors (Lipinski definition) is 6. The number of carbonyl (C=O) groups is 2. The van der Waals surface area contributed by atoms with Crippen LogP contribution >= 0.6 is 0 Å². The zero-order valence-electron chi connectivity index (χ0n) is 20.0. The minimum Gasteiger partial charge on any atom is -0.496 e. The number of halogens is 3. The van der Waals surface area contributed by atoms with E-state index in [9.17, 15) is 22.8 Å². The summed E-state index contributed by atoms with van der Waals surface area (Å²) in [6, 6.07) is 10.5. The third kappa shape index (κ3) is 6.60. The second-order valence-corrected chi connectivity index (χ2v) is 7.81. The predicted molar refractivity (Wildman–Crippen MR) is 126 cm³/mol. The number of nitrogens with zero attached hydrogens (tertiary/aromatic N) is 2. The zero-order valence-corrected chi connectivity index (χ0v) is 20.0. The highest BCUT2D eigenvalue weighted by molar-refractivity contribution is 5.97. The van der Waals surface area contributed by atoms with Gasteiger partial charge in [0.2, 0.25) is 5.82 Å². The molecule has 0 fully saturated rings. The van der Waals surface area contributed by atoms with Crippen molar-refractivity contribution in [2.45, 2.75) is 32.1 Å². The van der Waals surface area contributed by atoms with Crippen molar-refractivity contribution in [2.24, 2.45) is 0 Å². The number of aromatic amines is 1. The van der Waals surface area contributed by atoms with E-state index in [0.29, 0.717) is 5.82 Å². The molecule has 36 heavy (non-hydrogen) atoms. The molecule has 2 amide bonds. The van der Waals surface area contributed by atoms with Crippen LogP contribution in [0, 0.1) is 0 Å². The molecule has 1 unspecified atom stereocenters. The Balaban J connectivity index is 1.56. The SMILES string of the molecule is CCc1ccc(C(NC)NC(=O)c2n[nH]c(CCNC(=O)c3ccc(C(F)(F)F)cc3OC)n2)cc1. The van der Waals surface area contributed by atoms with Crippen molar-refractivity contribution in [3.63, 3.8) is 0 Å². The molecular weight excluding hydrogens is 477 g/mol. The van der Waals surface area contributed by atoms with Crippen LogP contribution in [0.4, 0.5) is 13.2 Å². The first-order valence-electron chi connectivity index (χ1n) is 11.2. The van der Waals surface area contributed by atoms with Gasteiger partial charge in [0.15, 0.2) is 0 Å². The zero-order chi connectivity index (χ0) is 26.3. The predicted octanol–water partition coefficient (Wildman–Crippen LogP) is 3.02. The van der Waals surface area contributed by atoms with E-state index in [2.05, 4.69) is 38.1 Å². The molecule has 0 aliphatic carbocycles. The molecule has 0 bridgehead atoms. The van der Waals surface area contributed by atoms with Crippen LogP contribution in [0.15, 0.2) is 42.5 Å². The average molecular weight is 505 g/mol. The first-order valence-corrected chi connectivity index (χ1v) is 11.2. The van der Waals surface area contributed by atoms with Gasteiger partial charge in [0.1, 0.15) is 17.7 Å². The molecular formula is C24H27F3N6O3. The van der Waals surface area contributed by atoms with E-state index in [4.69, 9.17) is 4.74 Å². The standard InChI is InChI=1S/C24H27F3N6O3/c1-4-14-5-7-15(8-6-14)20(28-2)31-23(35)21-30-19(32-33-21)11-12-29-22(34)17-10-9-16(24(25,26)27)13-18(17)36-3/h5-10,13,20,28H,4,11-12H2,1-3H3,(H,29,34)(H,31,35)(H,30,32,33). The van der Waals surface area contributed by atoms with Crippen LogP contribution in [0.2, 0.25) is 0 Å². The van der Waals surface area contributed by atoms with Crippen LogP contribution in [0.1, 0.15) is 56.6 Å². The Morgan fingerprint density at radius 1 is 1.11 bits per heavy atom. The number of hydrogen-bond donors (Lipinski definition) is 4. The van der Waals surface area contributed by atoms with Gasteiger partial charge in [0.25, 0.3) is 11.8 Å². The van der Waals surface area contributed by atoms with E-state index in [1.807, 2.05) is 24.3 Å². The number of carbonyl (C=O) groups excluding carboxylic acids is 2. The van der Waals surface area contributed by atoms with E-state index in [0.717, 1.165) is 30.2 Å². The molecule has 0 radical (unpaired) electrons. The number of alkyl halides is 3. The number of H-pyrrole nitrogens is 1. The monoisotopic (exact) mass is 504 g/mol. The third-order valence-electron chi connectivity index (χ3n) is 5.44. The first-order chi connectivity index (χ1) is 17.2. The van der Waals surface area contributed by atoms with Gasteiger partial charge < -0.3 is 15.4 Å². The number of nitrogens with one attached hydrogen (secondary N) is 4. The van der Waals surface area contributed by atoms with Gasteiger partial charge in [-0.1, -0.05) is 31.2 Å². The number of aryl methyl sites for hydroxylation is 1. The lowest BCUT2D eigenvalue weighted by Crippen LogP contribution is -2.36. The fourth-order valence-corrected chi connectivity index (χ4v) is 3.42. The van der Waals surface area contributed by atoms with Crippen molar-refractivity contribution >= 4 is 11.8 Å². The van der Waals surface area contributed by atoms with E-state index in [1.54, 1.807) is 7.05 Å². The van der Waals surface area contributed by atoms with Crippen LogP contribution in [0.25, 0.3) is 0 Å². The van der Waals surface area contributed by atoms with Gasteiger partial charge in [0, 0.05) is 13.0 Å². The van der Waals surface area contributed by atoms with Gasteiger partial charge in [-0.25, -0.2) is 4.98 Å². The summed E-state index contributed by atoms with van der Waals surface area (Å²) in [5, 5.41) is 15.0. The summed E-state index contributed by atoms with van der Waals surface area (Å²) in [5.41, 5.74) is 1.11. The van der Waals surface area contributed by atoms with Crippen molar-refractivity contribution in [2.75, 3.05) is 20.7 Å². The highest BCUT2D eigenvalue weighted by Crippen LogP contribution is 2.33. The van der Waals surface area contributed by atoms with E-state index < -0.39 is 29.7 Å². The van der Waals surface area contributed by atoms with Crippen molar-refractivity contribution in [3.05, 3.63) is 76.4 Å². The molecule has 1 atom stereocenters. The van der Waals surface area contributed by atoms with Crippen LogP contribution < -0.4 is 20.7 Å². The third-order valence-corrected chi connectivity index (χ3v) is 5.44. The topological polar surface area (TPSA) is 121 Å². The van der Waals surface area contributed by atoms with Crippen LogP contribution in [0.3, 0.4) is 0 Å². The second-order valence-electron chi connectivity index (χ2n) is 7.81. The number of rotatable bonds is 10. The molecule has 0 aliphatic heterocycles. The van der Waals surface area contributed by atoms with Crippen LogP contribution in [-0.2, 0) is 19.0 Å². The fourth-order valence-electron chi connectivity index (χ4n) is 3.42. The highest BCUT2D eigenvalue weighted by Gasteiger charge is 2.31. The fraction of sp³-hybridized carbons (Fsp3) is 0.333. The minimum absolute atomic E-state index is 0.0341. The van der Waals surface area contributed by atoms with Gasteiger partial charge >= 0.3 is 6.18 Å². The summed E-state index contributed by atoms with van der Waals surface area (Å²) >= 11 is 0. The Labute approximate surface area is 205 Å². The summed E-state index contributed by atoms with van der Waals surface area (Å²) in [6.07, 6.45) is -3.87. The van der Waals surface area contributed by atoms with E-state index in [1.165, 1.54) is 12.7 Å². The molecule has 9 nitrogen and oxygen atoms in total. The molecule has 4 N–H and O–H groups in total. The van der Waals surface area contributed by atoms with Crippen molar-refractivity contribution < 1.29 is 27.5 Å². The quantitative estimate of drug-likeness (QED) is 0.315. The summed E-state index contributed by atoms with van der Waals surface area (Å²) in [6.45, 7) is 2.16. The lowest BCUT2D eigenvalue weighted by molar-refractivity contribution is -0.137. The number of methoxy groups -OCH3 is 1. The van der Waals surface area contributed by atoms with Crippen molar-refractivity contribution in [3.8, 4) is 5.75 Å². The Morgan fingerprint density at radius 2 is 1.83 bits per heavy atom.